The molecule has 0 bridgehead atoms. The third kappa shape index (κ3) is 5.26. The number of carbonyl (C=O) groups is 2. The monoisotopic (exact) mass is 510 g/mol. The van der Waals surface area contributed by atoms with Crippen molar-refractivity contribution in [2.45, 2.75) is 13.3 Å². The molecule has 1 saturated heterocycles. The highest BCUT2D eigenvalue weighted by molar-refractivity contribution is 7.14. The predicted molar refractivity (Wildman–Crippen MR) is 140 cm³/mol. The van der Waals surface area contributed by atoms with Crippen LogP contribution in [-0.4, -0.2) is 75.4 Å². The lowest BCUT2D eigenvalue weighted by molar-refractivity contribution is 0.0954. The first-order valence-corrected chi connectivity index (χ1v) is 12.5. The number of fused-ring (bicyclic) bond motifs is 1. The number of nitrogens with one attached hydrogen (secondary N) is 2. The van der Waals surface area contributed by atoms with Crippen molar-refractivity contribution in [1.82, 2.24) is 20.5 Å². The number of methoxy groups -OCH3 is 2. The van der Waals surface area contributed by atoms with Gasteiger partial charge in [0.05, 0.1) is 19.9 Å². The number of hydrogen-bond donors (Lipinski definition) is 2. The van der Waals surface area contributed by atoms with Gasteiger partial charge in [0.2, 0.25) is 0 Å². The first-order chi connectivity index (χ1) is 17.5. The van der Waals surface area contributed by atoms with Gasteiger partial charge in [-0.25, -0.2) is 4.98 Å². The summed E-state index contributed by atoms with van der Waals surface area (Å²) in [5, 5.41) is 8.42. The van der Waals surface area contributed by atoms with Gasteiger partial charge in [0.15, 0.2) is 16.6 Å². The molecule has 11 heteroatoms. The zero-order valence-corrected chi connectivity index (χ0v) is 21.5. The van der Waals surface area contributed by atoms with Crippen LogP contribution >= 0.6 is 11.3 Å². The standard InChI is InChI=1S/C25H30N6O4S/c1-16(20(5-7-26-2)30-11-8-27-9-12-30)28-23(32)19-15-36-25(29-19)31-10-6-17-13-21(34-3)22(35-4)14-18(17)24(31)33/h5,7,13-15,27H,2,6,8-12H2,1,3-4H3,(H,28,32)/b7-5-,20-16-. The normalized spacial score (nSPS) is 16.5. The van der Waals surface area contributed by atoms with Crippen LogP contribution < -0.4 is 25.0 Å². The Labute approximate surface area is 214 Å². The number of anilines is 1. The molecule has 3 heterocycles. The van der Waals surface area contributed by atoms with Gasteiger partial charge < -0.3 is 25.0 Å². The minimum Gasteiger partial charge on any atom is -0.493 e. The maximum Gasteiger partial charge on any atom is 0.275 e. The van der Waals surface area contributed by atoms with Crippen LogP contribution in [0.5, 0.6) is 11.5 Å². The van der Waals surface area contributed by atoms with Crippen LogP contribution in [0, 0.1) is 0 Å². The van der Waals surface area contributed by atoms with Crippen LogP contribution in [0.25, 0.3) is 0 Å². The van der Waals surface area contributed by atoms with Crippen molar-refractivity contribution < 1.29 is 19.1 Å². The molecule has 0 radical (unpaired) electrons. The van der Waals surface area contributed by atoms with E-state index in [-0.39, 0.29) is 17.5 Å². The number of aromatic nitrogens is 1. The molecule has 1 aromatic heterocycles. The summed E-state index contributed by atoms with van der Waals surface area (Å²) < 4.78 is 10.7. The third-order valence-electron chi connectivity index (χ3n) is 6.13. The zero-order chi connectivity index (χ0) is 25.7. The molecule has 10 nitrogen and oxygen atoms in total. The molecule has 0 spiro atoms. The number of benzene rings is 1. The van der Waals surface area contributed by atoms with Crippen LogP contribution in [0.4, 0.5) is 5.13 Å². The Morgan fingerprint density at radius 1 is 1.22 bits per heavy atom. The molecule has 0 atom stereocenters. The SMILES string of the molecule is C=N/C=C\C(=C(/C)NC(=O)c1csc(N2CCc3cc(OC)c(OC)cc3C2=O)n1)N1CCNCC1. The molecule has 0 aliphatic carbocycles. The van der Waals surface area contributed by atoms with Crippen LogP contribution in [-0.2, 0) is 6.42 Å². The molecule has 0 unspecified atom stereocenters. The van der Waals surface area contributed by atoms with Crippen molar-refractivity contribution >= 4 is 35.0 Å². The summed E-state index contributed by atoms with van der Waals surface area (Å²) >= 11 is 1.26. The smallest absolute Gasteiger partial charge is 0.275 e. The first-order valence-electron chi connectivity index (χ1n) is 11.6. The average molecular weight is 511 g/mol. The second-order valence-corrected chi connectivity index (χ2v) is 9.12. The highest BCUT2D eigenvalue weighted by Crippen LogP contribution is 2.35. The molecule has 2 aliphatic heterocycles. The third-order valence-corrected chi connectivity index (χ3v) is 6.99. The van der Waals surface area contributed by atoms with Gasteiger partial charge in [-0.1, -0.05) is 0 Å². The Bertz CT molecular complexity index is 1220. The second kappa shape index (κ2) is 11.4. The summed E-state index contributed by atoms with van der Waals surface area (Å²) in [4.78, 5) is 38.4. The quantitative estimate of drug-likeness (QED) is 0.415. The Balaban J connectivity index is 1.52. The van der Waals surface area contributed by atoms with Crippen molar-refractivity contribution in [3.8, 4) is 11.5 Å². The van der Waals surface area contributed by atoms with Gasteiger partial charge in [-0.05, 0) is 43.8 Å². The van der Waals surface area contributed by atoms with Gasteiger partial charge in [0, 0.05) is 55.6 Å². The highest BCUT2D eigenvalue weighted by atomic mass is 32.1. The van der Waals surface area contributed by atoms with E-state index in [2.05, 4.69) is 32.2 Å². The zero-order valence-electron chi connectivity index (χ0n) is 20.7. The van der Waals surface area contributed by atoms with Crippen molar-refractivity contribution in [2.24, 2.45) is 4.99 Å². The van der Waals surface area contributed by atoms with Gasteiger partial charge in [-0.2, -0.15) is 0 Å². The number of allylic oxidation sites excluding steroid dienone is 2. The highest BCUT2D eigenvalue weighted by Gasteiger charge is 2.30. The lowest BCUT2D eigenvalue weighted by atomic mass is 9.98. The van der Waals surface area contributed by atoms with Crippen LogP contribution in [0.3, 0.4) is 0 Å². The van der Waals surface area contributed by atoms with E-state index in [9.17, 15) is 9.59 Å². The minimum absolute atomic E-state index is 0.183. The largest absolute Gasteiger partial charge is 0.493 e. The van der Waals surface area contributed by atoms with Crippen molar-refractivity contribution in [3.63, 3.8) is 0 Å². The van der Waals surface area contributed by atoms with E-state index in [4.69, 9.17) is 9.47 Å². The Kier molecular flexibility index (Phi) is 8.01. The topological polar surface area (TPSA) is 108 Å². The molecule has 190 valence electrons. The summed E-state index contributed by atoms with van der Waals surface area (Å²) in [5.41, 5.74) is 3.26. The maximum absolute atomic E-state index is 13.3. The molecule has 2 aromatic rings. The fourth-order valence-corrected chi connectivity index (χ4v) is 5.11. The predicted octanol–water partition coefficient (Wildman–Crippen LogP) is 2.44. The number of nitrogens with zero attached hydrogens (tertiary/aromatic N) is 4. The van der Waals surface area contributed by atoms with E-state index in [0.29, 0.717) is 40.9 Å². The van der Waals surface area contributed by atoms with Crippen LogP contribution in [0.2, 0.25) is 0 Å². The number of amides is 2. The minimum atomic E-state index is -0.334. The maximum atomic E-state index is 13.3. The molecular formula is C25H30N6O4S. The molecule has 36 heavy (non-hydrogen) atoms. The van der Waals surface area contributed by atoms with E-state index >= 15 is 0 Å². The van der Waals surface area contributed by atoms with Crippen LogP contribution in [0.15, 0.2) is 46.2 Å². The molecule has 2 N–H and O–H groups in total. The van der Waals surface area contributed by atoms with E-state index in [0.717, 1.165) is 37.4 Å². The number of ether oxygens (including phenoxy) is 2. The van der Waals surface area contributed by atoms with E-state index in [1.807, 2.05) is 19.1 Å². The lowest BCUT2D eigenvalue weighted by Crippen LogP contribution is -2.43. The average Bonchev–Trinajstić information content (AvgIpc) is 3.39. The van der Waals surface area contributed by atoms with Gasteiger partial charge in [-0.3, -0.25) is 19.5 Å². The fraction of sp³-hybridized carbons (Fsp3) is 0.360. The summed E-state index contributed by atoms with van der Waals surface area (Å²) in [6, 6.07) is 3.53. The molecule has 2 aliphatic rings. The molecule has 0 saturated carbocycles. The number of thiazole rings is 1. The van der Waals surface area contributed by atoms with Gasteiger partial charge in [0.25, 0.3) is 11.8 Å². The molecule has 1 fully saturated rings. The van der Waals surface area contributed by atoms with Crippen molar-refractivity contribution in [3.05, 3.63) is 58.0 Å². The lowest BCUT2D eigenvalue weighted by Gasteiger charge is -2.31. The van der Waals surface area contributed by atoms with E-state index < -0.39 is 0 Å². The number of aliphatic imine (C=N–C) groups is 1. The summed E-state index contributed by atoms with van der Waals surface area (Å²) in [7, 11) is 3.11. The first kappa shape index (κ1) is 25.4. The molecular weight excluding hydrogens is 480 g/mol. The van der Waals surface area contributed by atoms with Gasteiger partial charge in [-0.15, -0.1) is 11.3 Å². The fourth-order valence-electron chi connectivity index (χ4n) is 4.28. The molecule has 2 amide bonds. The second-order valence-electron chi connectivity index (χ2n) is 8.29. The molecule has 4 rings (SSSR count). The number of rotatable bonds is 8. The number of piperazine rings is 1. The summed E-state index contributed by atoms with van der Waals surface area (Å²) in [6.07, 6.45) is 4.09. The Hall–Kier alpha value is -3.70. The van der Waals surface area contributed by atoms with E-state index in [1.54, 1.807) is 29.7 Å². The molecule has 1 aromatic carbocycles. The van der Waals surface area contributed by atoms with Crippen LogP contribution in [0.1, 0.15) is 33.3 Å². The number of carbonyl (C=O) groups excluding carboxylic acids is 2. The Morgan fingerprint density at radius 3 is 2.64 bits per heavy atom. The number of hydrogen-bond acceptors (Lipinski definition) is 9. The van der Waals surface area contributed by atoms with Gasteiger partial charge >= 0.3 is 0 Å². The summed E-state index contributed by atoms with van der Waals surface area (Å²) in [6.45, 7) is 9.17. The van der Waals surface area contributed by atoms with Gasteiger partial charge in [0.1, 0.15) is 5.69 Å². The Morgan fingerprint density at radius 2 is 1.94 bits per heavy atom. The van der Waals surface area contributed by atoms with Crippen molar-refractivity contribution in [1.29, 1.82) is 0 Å². The summed E-state index contributed by atoms with van der Waals surface area (Å²) in [5.74, 6) is 0.568. The van der Waals surface area contributed by atoms with E-state index in [1.165, 1.54) is 18.4 Å². The van der Waals surface area contributed by atoms with Crippen molar-refractivity contribution in [2.75, 3.05) is 51.8 Å².